The second-order valence-corrected chi connectivity index (χ2v) is 9.34. The highest BCUT2D eigenvalue weighted by Crippen LogP contribution is 2.30. The van der Waals surface area contributed by atoms with Gasteiger partial charge in [-0.15, -0.1) is 0 Å². The van der Waals surface area contributed by atoms with E-state index < -0.39 is 0 Å². The number of benzene rings is 4. The Kier molecular flexibility index (Phi) is 5.11. The van der Waals surface area contributed by atoms with Gasteiger partial charge in [0, 0.05) is 32.5 Å². The molecular weight excluding hydrogens is 515 g/mol. The van der Waals surface area contributed by atoms with Crippen LogP contribution in [0.15, 0.2) is 116 Å². The van der Waals surface area contributed by atoms with E-state index in [4.69, 9.17) is 4.98 Å². The van der Waals surface area contributed by atoms with Gasteiger partial charge in [0.25, 0.3) is 0 Å². The highest BCUT2D eigenvalue weighted by molar-refractivity contribution is 14.1. The summed E-state index contributed by atoms with van der Waals surface area (Å²) in [5.74, 6) is 0. The second kappa shape index (κ2) is 8.41. The van der Waals surface area contributed by atoms with Gasteiger partial charge in [0.15, 0.2) is 0 Å². The standard InChI is InChI=1S/C30H19IN2/c31-27-13-10-20(11-14-27)22-6-7-24-18-25(9-8-23(24)17-22)26-12-15-29(33-19-26)28-5-1-3-21-4-2-16-32-30(21)28/h1-19H. The summed E-state index contributed by atoms with van der Waals surface area (Å²) in [4.78, 5) is 9.34. The smallest absolute Gasteiger partial charge is 0.0795 e. The first-order valence-electron chi connectivity index (χ1n) is 10.8. The monoisotopic (exact) mass is 534 g/mol. The Balaban J connectivity index is 1.33. The lowest BCUT2D eigenvalue weighted by molar-refractivity contribution is 1.32. The third kappa shape index (κ3) is 3.89. The van der Waals surface area contributed by atoms with Gasteiger partial charge in [0.05, 0.1) is 11.2 Å². The lowest BCUT2D eigenvalue weighted by Gasteiger charge is -2.09. The van der Waals surface area contributed by atoms with Crippen LogP contribution in [0.25, 0.3) is 55.2 Å². The molecule has 0 spiro atoms. The maximum Gasteiger partial charge on any atom is 0.0795 e. The normalized spacial score (nSPS) is 11.2. The molecule has 6 aromatic rings. The van der Waals surface area contributed by atoms with Gasteiger partial charge < -0.3 is 0 Å². The van der Waals surface area contributed by atoms with Crippen molar-refractivity contribution in [3.05, 3.63) is 119 Å². The van der Waals surface area contributed by atoms with Gasteiger partial charge in [-0.3, -0.25) is 9.97 Å². The zero-order valence-corrected chi connectivity index (χ0v) is 19.9. The maximum absolute atomic E-state index is 4.78. The second-order valence-electron chi connectivity index (χ2n) is 8.10. The van der Waals surface area contributed by atoms with Crippen LogP contribution in [0.4, 0.5) is 0 Å². The Bertz CT molecular complexity index is 1600. The van der Waals surface area contributed by atoms with E-state index in [-0.39, 0.29) is 0 Å². The number of nitrogens with zero attached hydrogens (tertiary/aromatic N) is 2. The van der Waals surface area contributed by atoms with Crippen LogP contribution in [-0.4, -0.2) is 9.97 Å². The first kappa shape index (κ1) is 20.1. The van der Waals surface area contributed by atoms with Crippen molar-refractivity contribution in [2.75, 3.05) is 0 Å². The van der Waals surface area contributed by atoms with Gasteiger partial charge in [-0.25, -0.2) is 0 Å². The summed E-state index contributed by atoms with van der Waals surface area (Å²) in [5, 5.41) is 3.59. The molecule has 0 radical (unpaired) electrons. The van der Waals surface area contributed by atoms with Crippen molar-refractivity contribution >= 4 is 44.3 Å². The number of para-hydroxylation sites is 1. The lowest BCUT2D eigenvalue weighted by Crippen LogP contribution is -1.88. The molecule has 2 aromatic heterocycles. The largest absolute Gasteiger partial charge is 0.256 e. The molecule has 6 rings (SSSR count). The molecule has 0 fully saturated rings. The molecule has 0 atom stereocenters. The third-order valence-corrected chi connectivity index (χ3v) is 6.74. The van der Waals surface area contributed by atoms with E-state index in [0.29, 0.717) is 0 Å². The molecule has 3 heteroatoms. The molecule has 0 aliphatic heterocycles. The van der Waals surface area contributed by atoms with Crippen LogP contribution in [0.1, 0.15) is 0 Å². The molecule has 2 heterocycles. The van der Waals surface area contributed by atoms with Crippen LogP contribution in [0.2, 0.25) is 0 Å². The third-order valence-electron chi connectivity index (χ3n) is 6.02. The van der Waals surface area contributed by atoms with Gasteiger partial charge in [0.1, 0.15) is 0 Å². The fourth-order valence-corrected chi connectivity index (χ4v) is 4.64. The van der Waals surface area contributed by atoms with E-state index in [1.165, 1.54) is 31.0 Å². The molecule has 0 saturated carbocycles. The average Bonchev–Trinajstić information content (AvgIpc) is 2.88. The van der Waals surface area contributed by atoms with E-state index in [1.807, 2.05) is 18.5 Å². The summed E-state index contributed by atoms with van der Waals surface area (Å²) < 4.78 is 1.25. The van der Waals surface area contributed by atoms with Crippen molar-refractivity contribution in [3.8, 4) is 33.5 Å². The first-order chi connectivity index (χ1) is 16.2. The highest BCUT2D eigenvalue weighted by Gasteiger charge is 2.08. The average molecular weight is 534 g/mol. The molecule has 0 saturated heterocycles. The van der Waals surface area contributed by atoms with Crippen LogP contribution in [0.5, 0.6) is 0 Å². The molecule has 0 aliphatic rings. The number of halogens is 1. The summed E-state index contributed by atoms with van der Waals surface area (Å²) in [6.45, 7) is 0. The Morgan fingerprint density at radius 2 is 1.18 bits per heavy atom. The van der Waals surface area contributed by atoms with Crippen molar-refractivity contribution in [1.82, 2.24) is 9.97 Å². The van der Waals surface area contributed by atoms with Gasteiger partial charge in [-0.1, -0.05) is 66.7 Å². The zero-order chi connectivity index (χ0) is 22.2. The van der Waals surface area contributed by atoms with Crippen LogP contribution >= 0.6 is 22.6 Å². The molecule has 4 aromatic carbocycles. The minimum absolute atomic E-state index is 0.936. The van der Waals surface area contributed by atoms with Gasteiger partial charge in [-0.05, 0) is 86.5 Å². The van der Waals surface area contributed by atoms with Crippen LogP contribution in [0.3, 0.4) is 0 Å². The van der Waals surface area contributed by atoms with Crippen molar-refractivity contribution in [2.24, 2.45) is 0 Å². The summed E-state index contributed by atoms with van der Waals surface area (Å²) >= 11 is 2.34. The number of aromatic nitrogens is 2. The number of hydrogen-bond acceptors (Lipinski definition) is 2. The topological polar surface area (TPSA) is 25.8 Å². The first-order valence-corrected chi connectivity index (χ1v) is 11.9. The summed E-state index contributed by atoms with van der Waals surface area (Å²) in [5.41, 5.74) is 7.72. The number of fused-ring (bicyclic) bond motifs is 2. The van der Waals surface area contributed by atoms with Crippen molar-refractivity contribution in [1.29, 1.82) is 0 Å². The predicted octanol–water partition coefficient (Wildman–Crippen LogP) is 8.39. The Labute approximate surface area is 206 Å². The van der Waals surface area contributed by atoms with E-state index in [0.717, 1.165) is 27.7 Å². The summed E-state index contributed by atoms with van der Waals surface area (Å²) in [6, 6.07) is 36.4. The minimum Gasteiger partial charge on any atom is -0.256 e. The number of pyridine rings is 2. The Morgan fingerprint density at radius 1 is 0.515 bits per heavy atom. The van der Waals surface area contributed by atoms with Crippen molar-refractivity contribution in [2.45, 2.75) is 0 Å². The lowest BCUT2D eigenvalue weighted by atomic mass is 9.98. The minimum atomic E-state index is 0.936. The summed E-state index contributed by atoms with van der Waals surface area (Å²) in [7, 11) is 0. The van der Waals surface area contributed by atoms with E-state index >= 15 is 0 Å². The summed E-state index contributed by atoms with van der Waals surface area (Å²) in [6.07, 6.45) is 3.79. The molecule has 33 heavy (non-hydrogen) atoms. The molecular formula is C30H19IN2. The van der Waals surface area contributed by atoms with E-state index in [1.54, 1.807) is 0 Å². The molecule has 2 nitrogen and oxygen atoms in total. The Hall–Kier alpha value is -3.57. The van der Waals surface area contributed by atoms with Crippen LogP contribution in [0, 0.1) is 3.57 Å². The molecule has 0 amide bonds. The van der Waals surface area contributed by atoms with E-state index in [9.17, 15) is 0 Å². The van der Waals surface area contributed by atoms with Crippen molar-refractivity contribution < 1.29 is 0 Å². The van der Waals surface area contributed by atoms with Crippen molar-refractivity contribution in [3.63, 3.8) is 0 Å². The SMILES string of the molecule is Ic1ccc(-c2ccc3cc(-c4ccc(-c5cccc6cccnc56)nc4)ccc3c2)cc1. The number of rotatable bonds is 3. The zero-order valence-electron chi connectivity index (χ0n) is 17.7. The van der Waals surface area contributed by atoms with Crippen LogP contribution in [-0.2, 0) is 0 Å². The number of hydrogen-bond donors (Lipinski definition) is 0. The maximum atomic E-state index is 4.78. The molecule has 0 N–H and O–H groups in total. The predicted molar refractivity (Wildman–Crippen MR) is 146 cm³/mol. The highest BCUT2D eigenvalue weighted by atomic mass is 127. The van der Waals surface area contributed by atoms with Crippen LogP contribution < -0.4 is 0 Å². The fourth-order valence-electron chi connectivity index (χ4n) is 4.28. The molecule has 0 bridgehead atoms. The van der Waals surface area contributed by atoms with E-state index in [2.05, 4.69) is 125 Å². The molecule has 0 aliphatic carbocycles. The molecule has 156 valence electrons. The van der Waals surface area contributed by atoms with Gasteiger partial charge in [-0.2, -0.15) is 0 Å². The van der Waals surface area contributed by atoms with Gasteiger partial charge >= 0.3 is 0 Å². The fraction of sp³-hybridized carbons (Fsp3) is 0. The molecule has 0 unspecified atom stereocenters. The quantitative estimate of drug-likeness (QED) is 0.213. The van der Waals surface area contributed by atoms with Gasteiger partial charge in [0.2, 0.25) is 0 Å². The Morgan fingerprint density at radius 3 is 1.91 bits per heavy atom.